The highest BCUT2D eigenvalue weighted by Crippen LogP contribution is 2.19. The second kappa shape index (κ2) is 6.44. The van der Waals surface area contributed by atoms with Crippen molar-refractivity contribution in [1.29, 1.82) is 5.26 Å². The van der Waals surface area contributed by atoms with Gasteiger partial charge in [0, 0.05) is 23.8 Å². The summed E-state index contributed by atoms with van der Waals surface area (Å²) in [6, 6.07) is 9.51. The highest BCUT2D eigenvalue weighted by Gasteiger charge is 2.03. The van der Waals surface area contributed by atoms with Crippen molar-refractivity contribution in [2.24, 2.45) is 0 Å². The molecule has 0 saturated heterocycles. The average Bonchev–Trinajstić information content (AvgIpc) is 2.74. The topological polar surface area (TPSA) is 53.6 Å². The monoisotopic (exact) mass is 288 g/mol. The molecule has 1 aromatic heterocycles. The standard InChI is InChI=1S/C15H17ClN4/c1-11-8-12(2)20(19-11)7-3-6-18-15-5-4-14(16)9-13(15)10-17/h4-5,8-9,18H,3,6-7H2,1-2H3. The Morgan fingerprint density at radius 2 is 2.15 bits per heavy atom. The Morgan fingerprint density at radius 1 is 1.35 bits per heavy atom. The van der Waals surface area contributed by atoms with E-state index in [0.29, 0.717) is 10.6 Å². The Hall–Kier alpha value is -1.99. The van der Waals surface area contributed by atoms with E-state index in [1.54, 1.807) is 12.1 Å². The molecule has 0 unspecified atom stereocenters. The molecule has 4 nitrogen and oxygen atoms in total. The van der Waals surface area contributed by atoms with Crippen LogP contribution in [-0.2, 0) is 6.54 Å². The average molecular weight is 289 g/mol. The van der Waals surface area contributed by atoms with Crippen LogP contribution in [-0.4, -0.2) is 16.3 Å². The fourth-order valence-electron chi connectivity index (χ4n) is 2.12. The molecule has 0 aliphatic rings. The van der Waals surface area contributed by atoms with Gasteiger partial charge in [0.15, 0.2) is 0 Å². The Balaban J connectivity index is 1.88. The first kappa shape index (κ1) is 14.4. The van der Waals surface area contributed by atoms with Gasteiger partial charge in [-0.2, -0.15) is 10.4 Å². The van der Waals surface area contributed by atoms with Gasteiger partial charge < -0.3 is 5.32 Å². The zero-order chi connectivity index (χ0) is 14.5. The third-order valence-electron chi connectivity index (χ3n) is 3.07. The summed E-state index contributed by atoms with van der Waals surface area (Å²) in [5, 5.41) is 17.3. The van der Waals surface area contributed by atoms with Crippen LogP contribution in [0.15, 0.2) is 24.3 Å². The SMILES string of the molecule is Cc1cc(C)n(CCCNc2ccc(Cl)cc2C#N)n1. The second-order valence-electron chi connectivity index (χ2n) is 4.73. The molecule has 0 fully saturated rings. The fraction of sp³-hybridized carbons (Fsp3) is 0.333. The molecule has 0 amide bonds. The summed E-state index contributed by atoms with van der Waals surface area (Å²) in [6.07, 6.45) is 0.940. The van der Waals surface area contributed by atoms with E-state index in [0.717, 1.165) is 30.9 Å². The molecule has 20 heavy (non-hydrogen) atoms. The van der Waals surface area contributed by atoms with Gasteiger partial charge in [-0.3, -0.25) is 4.68 Å². The summed E-state index contributed by atoms with van der Waals surface area (Å²) in [6.45, 7) is 5.70. The van der Waals surface area contributed by atoms with Gasteiger partial charge in [0.05, 0.1) is 16.9 Å². The molecule has 104 valence electrons. The summed E-state index contributed by atoms with van der Waals surface area (Å²) in [5.41, 5.74) is 3.61. The molecule has 1 aromatic carbocycles. The van der Waals surface area contributed by atoms with Crippen molar-refractivity contribution in [2.75, 3.05) is 11.9 Å². The number of halogens is 1. The lowest BCUT2D eigenvalue weighted by Crippen LogP contribution is -2.09. The van der Waals surface area contributed by atoms with Crippen LogP contribution >= 0.6 is 11.6 Å². The molecular weight excluding hydrogens is 272 g/mol. The summed E-state index contributed by atoms with van der Waals surface area (Å²) in [4.78, 5) is 0. The van der Waals surface area contributed by atoms with Crippen LogP contribution in [0.5, 0.6) is 0 Å². The number of nitrogens with zero attached hydrogens (tertiary/aromatic N) is 3. The highest BCUT2D eigenvalue weighted by molar-refractivity contribution is 6.30. The van der Waals surface area contributed by atoms with Crippen molar-refractivity contribution in [3.63, 3.8) is 0 Å². The van der Waals surface area contributed by atoms with E-state index in [-0.39, 0.29) is 0 Å². The van der Waals surface area contributed by atoms with Gasteiger partial charge in [-0.1, -0.05) is 11.6 Å². The van der Waals surface area contributed by atoms with E-state index < -0.39 is 0 Å². The summed E-state index contributed by atoms with van der Waals surface area (Å²) in [5.74, 6) is 0. The van der Waals surface area contributed by atoms with Gasteiger partial charge >= 0.3 is 0 Å². The molecule has 0 aliphatic heterocycles. The molecule has 0 radical (unpaired) electrons. The maximum atomic E-state index is 9.05. The minimum Gasteiger partial charge on any atom is -0.384 e. The molecule has 0 atom stereocenters. The van der Waals surface area contributed by atoms with Crippen LogP contribution in [0.4, 0.5) is 5.69 Å². The maximum absolute atomic E-state index is 9.05. The minimum atomic E-state index is 0.573. The molecule has 0 saturated carbocycles. The molecule has 0 aliphatic carbocycles. The van der Waals surface area contributed by atoms with E-state index >= 15 is 0 Å². The lowest BCUT2D eigenvalue weighted by Gasteiger charge is -2.09. The normalized spacial score (nSPS) is 10.3. The zero-order valence-electron chi connectivity index (χ0n) is 11.7. The summed E-state index contributed by atoms with van der Waals surface area (Å²) < 4.78 is 2.00. The molecule has 5 heteroatoms. The third-order valence-corrected chi connectivity index (χ3v) is 3.30. The predicted octanol–water partition coefficient (Wildman–Crippen LogP) is 3.53. The number of hydrogen-bond donors (Lipinski definition) is 1. The Kier molecular flexibility index (Phi) is 4.65. The van der Waals surface area contributed by atoms with Crippen molar-refractivity contribution in [2.45, 2.75) is 26.8 Å². The van der Waals surface area contributed by atoms with Crippen LogP contribution in [0, 0.1) is 25.2 Å². The van der Waals surface area contributed by atoms with E-state index in [9.17, 15) is 0 Å². The largest absolute Gasteiger partial charge is 0.384 e. The maximum Gasteiger partial charge on any atom is 0.101 e. The van der Waals surface area contributed by atoms with Crippen molar-refractivity contribution in [1.82, 2.24) is 9.78 Å². The number of rotatable bonds is 5. The van der Waals surface area contributed by atoms with E-state index in [2.05, 4.69) is 29.5 Å². The Morgan fingerprint density at radius 3 is 2.80 bits per heavy atom. The van der Waals surface area contributed by atoms with Crippen molar-refractivity contribution >= 4 is 17.3 Å². The van der Waals surface area contributed by atoms with Gasteiger partial charge in [0.1, 0.15) is 6.07 Å². The quantitative estimate of drug-likeness (QED) is 0.856. The van der Waals surface area contributed by atoms with Crippen LogP contribution < -0.4 is 5.32 Å². The zero-order valence-corrected chi connectivity index (χ0v) is 12.4. The third kappa shape index (κ3) is 3.52. The first-order valence-corrected chi connectivity index (χ1v) is 6.92. The molecule has 1 N–H and O–H groups in total. The van der Waals surface area contributed by atoms with Crippen LogP contribution in [0.2, 0.25) is 5.02 Å². The summed E-state index contributed by atoms with van der Waals surface area (Å²) >= 11 is 5.87. The molecular formula is C15H17ClN4. The number of hydrogen-bond acceptors (Lipinski definition) is 3. The van der Waals surface area contributed by atoms with Crippen LogP contribution in [0.3, 0.4) is 0 Å². The number of anilines is 1. The van der Waals surface area contributed by atoms with Crippen molar-refractivity contribution < 1.29 is 0 Å². The highest BCUT2D eigenvalue weighted by atomic mass is 35.5. The smallest absolute Gasteiger partial charge is 0.101 e. The van der Waals surface area contributed by atoms with Gasteiger partial charge in [-0.05, 0) is 44.5 Å². The molecule has 0 bridgehead atoms. The molecule has 0 spiro atoms. The van der Waals surface area contributed by atoms with Gasteiger partial charge in [0.2, 0.25) is 0 Å². The van der Waals surface area contributed by atoms with Gasteiger partial charge in [-0.15, -0.1) is 0 Å². The van der Waals surface area contributed by atoms with Gasteiger partial charge in [0.25, 0.3) is 0 Å². The van der Waals surface area contributed by atoms with Gasteiger partial charge in [-0.25, -0.2) is 0 Å². The molecule has 2 rings (SSSR count). The second-order valence-corrected chi connectivity index (χ2v) is 5.17. The Bertz CT molecular complexity index is 640. The molecule has 1 heterocycles. The summed E-state index contributed by atoms with van der Waals surface area (Å²) in [7, 11) is 0. The molecule has 2 aromatic rings. The first-order chi connectivity index (χ1) is 9.60. The number of nitrogens with one attached hydrogen (secondary N) is 1. The number of aryl methyl sites for hydroxylation is 3. The van der Waals surface area contributed by atoms with E-state index in [1.807, 2.05) is 17.7 Å². The van der Waals surface area contributed by atoms with E-state index in [1.165, 1.54) is 5.69 Å². The van der Waals surface area contributed by atoms with E-state index in [4.69, 9.17) is 16.9 Å². The predicted molar refractivity (Wildman–Crippen MR) is 81.0 cm³/mol. The van der Waals surface area contributed by atoms with Crippen molar-refractivity contribution in [3.05, 3.63) is 46.2 Å². The van der Waals surface area contributed by atoms with Crippen molar-refractivity contribution in [3.8, 4) is 6.07 Å². The number of nitriles is 1. The lowest BCUT2D eigenvalue weighted by atomic mass is 10.2. The first-order valence-electron chi connectivity index (χ1n) is 6.54. The fourth-order valence-corrected chi connectivity index (χ4v) is 2.29. The van der Waals surface area contributed by atoms with Crippen LogP contribution in [0.1, 0.15) is 23.4 Å². The lowest BCUT2D eigenvalue weighted by molar-refractivity contribution is 0.574. The van der Waals surface area contributed by atoms with Crippen LogP contribution in [0.25, 0.3) is 0 Å². The number of benzene rings is 1. The minimum absolute atomic E-state index is 0.573. The number of aromatic nitrogens is 2. The Labute approximate surface area is 124 Å².